The van der Waals surface area contributed by atoms with Crippen LogP contribution in [0.15, 0.2) is 72.8 Å². The van der Waals surface area contributed by atoms with Crippen molar-refractivity contribution in [2.24, 2.45) is 0 Å². The lowest BCUT2D eigenvalue weighted by Crippen LogP contribution is -2.65. The number of rotatable bonds is 4. The molecule has 2 fully saturated rings. The van der Waals surface area contributed by atoms with Gasteiger partial charge >= 0.3 is 6.03 Å². The summed E-state index contributed by atoms with van der Waals surface area (Å²) in [6.45, 7) is 4.65. The molecule has 0 radical (unpaired) electrons. The van der Waals surface area contributed by atoms with E-state index in [1.54, 1.807) is 24.1 Å². The van der Waals surface area contributed by atoms with Gasteiger partial charge in [0.15, 0.2) is 5.72 Å². The van der Waals surface area contributed by atoms with Gasteiger partial charge in [-0.3, -0.25) is 9.69 Å². The number of carbonyl (C=O) groups is 2. The summed E-state index contributed by atoms with van der Waals surface area (Å²) in [5.74, 6) is 1.61. The number of urea groups is 1. The number of hydrogen-bond acceptors (Lipinski definition) is 5. The van der Waals surface area contributed by atoms with Gasteiger partial charge < -0.3 is 24.6 Å². The summed E-state index contributed by atoms with van der Waals surface area (Å²) in [5.41, 5.74) is 2.52. The third-order valence-corrected chi connectivity index (χ3v) is 7.55. The lowest BCUT2D eigenvalue weighted by Gasteiger charge is -2.50. The van der Waals surface area contributed by atoms with Crippen LogP contribution in [0.4, 0.5) is 16.2 Å². The van der Waals surface area contributed by atoms with Gasteiger partial charge in [0, 0.05) is 49.4 Å². The maximum absolute atomic E-state index is 13.3. The molecule has 3 aromatic rings. The first kappa shape index (κ1) is 23.2. The number of benzene rings is 3. The number of piperazine rings is 1. The molecule has 37 heavy (non-hydrogen) atoms. The molecule has 0 saturated carbocycles. The monoisotopic (exact) mass is 498 g/mol. The highest BCUT2D eigenvalue weighted by atomic mass is 16.5. The molecular weight excluding hydrogens is 468 g/mol. The lowest BCUT2D eigenvalue weighted by molar-refractivity contribution is 0.0379. The molecule has 8 nitrogen and oxygen atoms in total. The Labute approximate surface area is 216 Å². The van der Waals surface area contributed by atoms with Crippen molar-refractivity contribution < 1.29 is 19.1 Å². The van der Waals surface area contributed by atoms with Crippen molar-refractivity contribution in [3.8, 4) is 11.5 Å². The van der Waals surface area contributed by atoms with E-state index in [0.717, 1.165) is 35.8 Å². The average molecular weight is 499 g/mol. The van der Waals surface area contributed by atoms with Gasteiger partial charge in [0.1, 0.15) is 11.5 Å². The van der Waals surface area contributed by atoms with E-state index in [0.29, 0.717) is 30.8 Å². The Morgan fingerprint density at radius 2 is 1.68 bits per heavy atom. The molecule has 6 rings (SSSR count). The number of amides is 3. The highest BCUT2D eigenvalue weighted by Crippen LogP contribution is 2.45. The van der Waals surface area contributed by atoms with Crippen LogP contribution in [-0.2, 0) is 0 Å². The van der Waals surface area contributed by atoms with Crippen molar-refractivity contribution in [2.75, 3.05) is 43.1 Å². The number of nitrogens with one attached hydrogen (secondary N) is 1. The smallest absolute Gasteiger partial charge is 0.325 e. The summed E-state index contributed by atoms with van der Waals surface area (Å²) in [5, 5.41) is 3.11. The van der Waals surface area contributed by atoms with E-state index in [-0.39, 0.29) is 18.0 Å². The standard InChI is InChI=1S/C29H30N4O4/c1-29-19-23(22-7-3-5-9-25(22)37-29)30-28(35)33(29)21-13-11-20(12-14-21)27(34)32-17-15-31(16-18-32)24-8-4-6-10-26(24)36-2/h3-14,23H,15-19H2,1-2H3,(H,30,35). The van der Waals surface area contributed by atoms with Gasteiger partial charge in [-0.15, -0.1) is 0 Å². The quantitative estimate of drug-likeness (QED) is 0.576. The number of anilines is 2. The number of nitrogens with zero attached hydrogens (tertiary/aromatic N) is 3. The van der Waals surface area contributed by atoms with E-state index in [1.807, 2.05) is 72.5 Å². The predicted molar refractivity (Wildman–Crippen MR) is 141 cm³/mol. The molecule has 1 N–H and O–H groups in total. The first-order valence-electron chi connectivity index (χ1n) is 12.6. The van der Waals surface area contributed by atoms with Gasteiger partial charge in [0.25, 0.3) is 5.91 Å². The average Bonchev–Trinajstić information content (AvgIpc) is 2.92. The number of fused-ring (bicyclic) bond motifs is 4. The number of hydrogen-bond donors (Lipinski definition) is 1. The topological polar surface area (TPSA) is 74.4 Å². The van der Waals surface area contributed by atoms with Crippen molar-refractivity contribution in [1.82, 2.24) is 10.2 Å². The second-order valence-corrected chi connectivity index (χ2v) is 9.85. The first-order chi connectivity index (χ1) is 18.0. The summed E-state index contributed by atoms with van der Waals surface area (Å²) in [6.07, 6.45) is 0.632. The fraction of sp³-hybridized carbons (Fsp3) is 0.310. The van der Waals surface area contributed by atoms with E-state index >= 15 is 0 Å². The van der Waals surface area contributed by atoms with Gasteiger partial charge in [-0.1, -0.05) is 30.3 Å². The highest BCUT2D eigenvalue weighted by Gasteiger charge is 2.49. The highest BCUT2D eigenvalue weighted by molar-refractivity contribution is 5.97. The molecule has 3 amide bonds. The Hall–Kier alpha value is -4.20. The second-order valence-electron chi connectivity index (χ2n) is 9.85. The maximum Gasteiger partial charge on any atom is 0.325 e. The Kier molecular flexibility index (Phi) is 5.67. The summed E-state index contributed by atoms with van der Waals surface area (Å²) < 4.78 is 11.8. The van der Waals surface area contributed by atoms with Crippen LogP contribution in [0.2, 0.25) is 0 Å². The Morgan fingerprint density at radius 1 is 0.973 bits per heavy atom. The third kappa shape index (κ3) is 4.02. The van der Waals surface area contributed by atoms with Gasteiger partial charge in [-0.05, 0) is 49.4 Å². The molecule has 0 aliphatic carbocycles. The minimum absolute atomic E-state index is 0.0107. The molecule has 2 saturated heterocycles. The minimum atomic E-state index is -0.818. The van der Waals surface area contributed by atoms with Crippen LogP contribution < -0.4 is 24.6 Å². The number of ether oxygens (including phenoxy) is 2. The van der Waals surface area contributed by atoms with Crippen LogP contribution in [0.25, 0.3) is 0 Å². The van der Waals surface area contributed by atoms with Crippen LogP contribution in [0.3, 0.4) is 0 Å². The van der Waals surface area contributed by atoms with Crippen molar-refractivity contribution in [1.29, 1.82) is 0 Å². The summed E-state index contributed by atoms with van der Waals surface area (Å²) in [7, 11) is 1.67. The summed E-state index contributed by atoms with van der Waals surface area (Å²) in [4.78, 5) is 32.2. The fourth-order valence-corrected chi connectivity index (χ4v) is 5.69. The predicted octanol–water partition coefficient (Wildman–Crippen LogP) is 4.43. The normalized spacial score (nSPS) is 22.6. The van der Waals surface area contributed by atoms with Crippen molar-refractivity contribution in [3.63, 3.8) is 0 Å². The van der Waals surface area contributed by atoms with E-state index in [9.17, 15) is 9.59 Å². The second kappa shape index (κ2) is 9.03. The third-order valence-electron chi connectivity index (χ3n) is 7.55. The van der Waals surface area contributed by atoms with Gasteiger partial charge in [-0.2, -0.15) is 0 Å². The summed E-state index contributed by atoms with van der Waals surface area (Å²) >= 11 is 0. The first-order valence-corrected chi connectivity index (χ1v) is 12.6. The molecule has 3 aromatic carbocycles. The molecule has 3 heterocycles. The SMILES string of the molecule is COc1ccccc1N1CCN(C(=O)c2ccc(N3C(=O)NC4CC3(C)Oc3ccccc34)cc2)CC1. The van der Waals surface area contributed by atoms with Crippen LogP contribution in [0.5, 0.6) is 11.5 Å². The molecule has 2 atom stereocenters. The van der Waals surface area contributed by atoms with Gasteiger partial charge in [-0.25, -0.2) is 4.79 Å². The van der Waals surface area contributed by atoms with Crippen molar-refractivity contribution >= 4 is 23.3 Å². The molecular formula is C29H30N4O4. The Balaban J connectivity index is 1.16. The van der Waals surface area contributed by atoms with E-state index in [4.69, 9.17) is 9.47 Å². The molecule has 0 spiro atoms. The van der Waals surface area contributed by atoms with Crippen LogP contribution >= 0.6 is 0 Å². The number of carbonyl (C=O) groups excluding carboxylic acids is 2. The van der Waals surface area contributed by atoms with Gasteiger partial charge in [0.05, 0.1) is 18.8 Å². The zero-order chi connectivity index (χ0) is 25.6. The molecule has 0 aromatic heterocycles. The molecule has 3 aliphatic rings. The largest absolute Gasteiger partial charge is 0.495 e. The minimum Gasteiger partial charge on any atom is -0.495 e. The molecule has 190 valence electrons. The van der Waals surface area contributed by atoms with Crippen molar-refractivity contribution in [3.05, 3.63) is 83.9 Å². The van der Waals surface area contributed by atoms with Gasteiger partial charge in [0.2, 0.25) is 0 Å². The zero-order valence-electron chi connectivity index (χ0n) is 21.0. The number of para-hydroxylation sites is 3. The molecule has 3 aliphatic heterocycles. The lowest BCUT2D eigenvalue weighted by atomic mass is 9.90. The molecule has 8 heteroatoms. The zero-order valence-corrected chi connectivity index (χ0v) is 21.0. The van der Waals surface area contributed by atoms with E-state index in [2.05, 4.69) is 10.2 Å². The maximum atomic E-state index is 13.3. The van der Waals surface area contributed by atoms with E-state index < -0.39 is 5.72 Å². The summed E-state index contributed by atoms with van der Waals surface area (Å²) in [6, 6.07) is 22.7. The molecule has 2 bridgehead atoms. The Bertz CT molecular complexity index is 1340. The number of methoxy groups -OCH3 is 1. The Morgan fingerprint density at radius 3 is 2.43 bits per heavy atom. The van der Waals surface area contributed by atoms with Crippen LogP contribution in [-0.4, -0.2) is 55.9 Å². The molecule has 2 unspecified atom stereocenters. The van der Waals surface area contributed by atoms with E-state index in [1.165, 1.54) is 0 Å². The van der Waals surface area contributed by atoms with Crippen molar-refractivity contribution in [2.45, 2.75) is 25.1 Å². The fourth-order valence-electron chi connectivity index (χ4n) is 5.69. The van der Waals surface area contributed by atoms with Crippen LogP contribution in [0.1, 0.15) is 35.3 Å². The van der Waals surface area contributed by atoms with Crippen LogP contribution in [0, 0.1) is 0 Å².